The van der Waals surface area contributed by atoms with Crippen molar-refractivity contribution < 1.29 is 28.4 Å². The van der Waals surface area contributed by atoms with Crippen LogP contribution in [0.3, 0.4) is 0 Å². The fourth-order valence-corrected chi connectivity index (χ4v) is 10.1. The van der Waals surface area contributed by atoms with Gasteiger partial charge in [-0.3, -0.25) is 39.1 Å². The average molecular weight is 807 g/mol. The maximum absolute atomic E-state index is 15.4. The molecule has 0 radical (unpaired) electrons. The van der Waals surface area contributed by atoms with Crippen molar-refractivity contribution >= 4 is 63.9 Å². The second-order valence-corrected chi connectivity index (χ2v) is 17.1. The lowest BCUT2D eigenvalue weighted by Crippen LogP contribution is -2.63. The summed E-state index contributed by atoms with van der Waals surface area (Å²) in [7, 11) is 0. The summed E-state index contributed by atoms with van der Waals surface area (Å²) < 4.78 is 15.4. The maximum atomic E-state index is 15.4. The quantitative estimate of drug-likeness (QED) is 0.272. The highest BCUT2D eigenvalue weighted by molar-refractivity contribution is 6.33. The van der Waals surface area contributed by atoms with Gasteiger partial charge in [0.2, 0.25) is 17.5 Å². The summed E-state index contributed by atoms with van der Waals surface area (Å²) in [6.45, 7) is 16.1. The van der Waals surface area contributed by atoms with Crippen LogP contribution in [0.4, 0.5) is 27.1 Å². The first-order chi connectivity index (χ1) is 27.9. The lowest BCUT2D eigenvalue weighted by Gasteiger charge is -2.49. The van der Waals surface area contributed by atoms with Gasteiger partial charge in [0.05, 0.1) is 23.4 Å². The number of amides is 5. The lowest BCUT2D eigenvalue weighted by molar-refractivity contribution is -0.136. The first kappa shape index (κ1) is 38.0. The zero-order chi connectivity index (χ0) is 40.5. The molecule has 300 valence electrons. The van der Waals surface area contributed by atoms with Gasteiger partial charge in [-0.2, -0.15) is 0 Å². The third-order valence-corrected chi connectivity index (χ3v) is 13.6. The molecular formula is C43H44ClFN8O5. The molecule has 58 heavy (non-hydrogen) atoms. The Balaban J connectivity index is 0.750. The van der Waals surface area contributed by atoms with Crippen molar-refractivity contribution in [3.63, 3.8) is 0 Å². The van der Waals surface area contributed by atoms with Crippen LogP contribution in [0.2, 0.25) is 5.02 Å². The Morgan fingerprint density at radius 3 is 2.21 bits per heavy atom. The van der Waals surface area contributed by atoms with Crippen LogP contribution < -0.4 is 20.0 Å². The number of benzene rings is 3. The number of piperazine rings is 1. The topological polar surface area (TPSA) is 121 Å². The molecule has 0 saturated carbocycles. The third kappa shape index (κ3) is 6.63. The molecule has 6 heterocycles. The van der Waals surface area contributed by atoms with E-state index in [0.717, 1.165) is 61.2 Å². The van der Waals surface area contributed by atoms with Gasteiger partial charge in [0.1, 0.15) is 11.9 Å². The molecule has 5 amide bonds. The van der Waals surface area contributed by atoms with Crippen molar-refractivity contribution in [1.82, 2.24) is 20.0 Å². The normalized spacial score (nSPS) is 23.7. The second-order valence-electron chi connectivity index (χ2n) is 16.6. The minimum absolute atomic E-state index is 0.00868. The monoisotopic (exact) mass is 806 g/mol. The lowest BCUT2D eigenvalue weighted by atomic mass is 9.76. The number of hydrogen-bond donors (Lipinski definition) is 1. The first-order valence-corrected chi connectivity index (χ1v) is 20.4. The SMILES string of the molecule is [C-]#[N+]c1ccc(N2CC3(CCN(c4ccc(C(=O)N5CCN(C6CN(c7cc8c(cc7F)C(=O)N(C7CCC(=O)NC7=O)C8=O)C6)CC5)cc4)CC3)C[C@@H]2C)cc1Cl. The van der Waals surface area contributed by atoms with Crippen LogP contribution in [-0.4, -0.2) is 121 Å². The van der Waals surface area contributed by atoms with E-state index in [1.165, 1.54) is 6.07 Å². The first-order valence-electron chi connectivity index (χ1n) is 20.0. The van der Waals surface area contributed by atoms with E-state index in [0.29, 0.717) is 61.6 Å². The predicted molar refractivity (Wildman–Crippen MR) is 216 cm³/mol. The zero-order valence-electron chi connectivity index (χ0n) is 32.3. The van der Waals surface area contributed by atoms with E-state index in [2.05, 4.69) is 43.9 Å². The summed E-state index contributed by atoms with van der Waals surface area (Å²) in [5, 5.41) is 2.67. The number of nitrogens with one attached hydrogen (secondary N) is 1. The molecule has 1 unspecified atom stereocenters. The molecular weight excluding hydrogens is 763 g/mol. The highest BCUT2D eigenvalue weighted by atomic mass is 35.5. The highest BCUT2D eigenvalue weighted by Gasteiger charge is 2.47. The molecule has 2 atom stereocenters. The Kier molecular flexibility index (Phi) is 9.63. The summed E-state index contributed by atoms with van der Waals surface area (Å²) in [6.07, 6.45) is 3.33. The summed E-state index contributed by atoms with van der Waals surface area (Å²) in [4.78, 5) is 79.2. The molecule has 3 aromatic carbocycles. The Bertz CT molecular complexity index is 2260. The summed E-state index contributed by atoms with van der Waals surface area (Å²) >= 11 is 6.38. The van der Waals surface area contributed by atoms with Crippen LogP contribution in [0.15, 0.2) is 54.6 Å². The van der Waals surface area contributed by atoms with Crippen molar-refractivity contribution in [3.8, 4) is 0 Å². The summed E-state index contributed by atoms with van der Waals surface area (Å²) in [5.41, 5.74) is 3.79. The van der Waals surface area contributed by atoms with E-state index in [1.54, 1.807) is 0 Å². The molecule has 15 heteroatoms. The molecule has 3 aromatic rings. The maximum Gasteiger partial charge on any atom is 0.262 e. The van der Waals surface area contributed by atoms with Crippen LogP contribution in [0.25, 0.3) is 4.85 Å². The highest BCUT2D eigenvalue weighted by Crippen LogP contribution is 2.46. The number of imide groups is 2. The van der Waals surface area contributed by atoms with Crippen molar-refractivity contribution in [2.24, 2.45) is 5.41 Å². The van der Waals surface area contributed by atoms with Gasteiger partial charge in [0.15, 0.2) is 0 Å². The van der Waals surface area contributed by atoms with Crippen molar-refractivity contribution in [3.05, 3.63) is 93.5 Å². The van der Waals surface area contributed by atoms with E-state index < -0.39 is 35.5 Å². The number of hydrogen-bond acceptors (Lipinski definition) is 9. The van der Waals surface area contributed by atoms with Crippen LogP contribution in [0.1, 0.15) is 70.1 Å². The number of fused-ring (bicyclic) bond motifs is 1. The Morgan fingerprint density at radius 1 is 0.879 bits per heavy atom. The molecule has 9 rings (SSSR count). The largest absolute Gasteiger partial charge is 0.371 e. The fraction of sp³-hybridized carbons (Fsp3) is 0.442. The smallest absolute Gasteiger partial charge is 0.262 e. The predicted octanol–water partition coefficient (Wildman–Crippen LogP) is 4.96. The second kappa shape index (κ2) is 14.7. The Labute approximate surface area is 341 Å². The van der Waals surface area contributed by atoms with E-state index in [4.69, 9.17) is 18.2 Å². The molecule has 13 nitrogen and oxygen atoms in total. The fourth-order valence-electron chi connectivity index (χ4n) is 9.92. The minimum Gasteiger partial charge on any atom is -0.371 e. The van der Waals surface area contributed by atoms with Gasteiger partial charge in [0.25, 0.3) is 17.7 Å². The molecule has 0 aromatic heterocycles. The molecule has 0 aliphatic carbocycles. The Morgan fingerprint density at radius 2 is 1.55 bits per heavy atom. The average Bonchev–Trinajstić information content (AvgIpc) is 3.65. The third-order valence-electron chi connectivity index (χ3n) is 13.3. The molecule has 5 fully saturated rings. The van der Waals surface area contributed by atoms with Gasteiger partial charge < -0.3 is 19.6 Å². The standard InChI is InChI=1S/C43H44ClFN8O5/c1-26-22-43(25-52(26)29-7-8-35(46-2)33(44)19-29)11-13-48(14-12-43)28-5-3-27(4-6-28)40(56)50-17-15-49(16-18-50)30-23-51(24-30)37-21-32-31(20-34(37)45)41(57)53(42(32)58)36-9-10-38(54)47-39(36)55/h3-8,19-21,26,30,36H,9-18,22-25H2,1H3,(H,47,54,55)/t26-,36?/m0/s1. The van der Waals surface area contributed by atoms with E-state index in [1.807, 2.05) is 40.1 Å². The minimum atomic E-state index is -1.11. The van der Waals surface area contributed by atoms with Crippen LogP contribution >= 0.6 is 11.6 Å². The molecule has 6 aliphatic heterocycles. The van der Waals surface area contributed by atoms with Crippen molar-refractivity contribution in [1.29, 1.82) is 0 Å². The van der Waals surface area contributed by atoms with Crippen LogP contribution in [-0.2, 0) is 9.59 Å². The van der Waals surface area contributed by atoms with Gasteiger partial charge in [-0.05, 0) is 86.6 Å². The molecule has 1 spiro atoms. The van der Waals surface area contributed by atoms with Gasteiger partial charge in [-0.25, -0.2) is 9.24 Å². The number of anilines is 3. The number of halogens is 2. The van der Waals surface area contributed by atoms with Crippen molar-refractivity contribution in [2.45, 2.75) is 57.2 Å². The zero-order valence-corrected chi connectivity index (χ0v) is 33.0. The van der Waals surface area contributed by atoms with Gasteiger partial charge in [-0.15, -0.1) is 0 Å². The molecule has 0 bridgehead atoms. The molecule has 6 aliphatic rings. The number of nitrogens with zero attached hydrogens (tertiary/aromatic N) is 7. The number of carbonyl (C=O) groups excluding carboxylic acids is 5. The molecule has 1 N–H and O–H groups in total. The number of piperidine rings is 2. The van der Waals surface area contributed by atoms with E-state index >= 15 is 4.39 Å². The Hall–Kier alpha value is -5.52. The van der Waals surface area contributed by atoms with Gasteiger partial charge in [0, 0.05) is 99.4 Å². The van der Waals surface area contributed by atoms with Crippen LogP contribution in [0.5, 0.6) is 0 Å². The van der Waals surface area contributed by atoms with E-state index in [9.17, 15) is 24.0 Å². The van der Waals surface area contributed by atoms with Gasteiger partial charge >= 0.3 is 0 Å². The van der Waals surface area contributed by atoms with Crippen molar-refractivity contribution in [2.75, 3.05) is 73.6 Å². The number of carbonyl (C=O) groups is 5. The number of rotatable bonds is 6. The van der Waals surface area contributed by atoms with Gasteiger partial charge in [-0.1, -0.05) is 17.7 Å². The summed E-state index contributed by atoms with van der Waals surface area (Å²) in [6, 6.07) is 15.6. The summed E-state index contributed by atoms with van der Waals surface area (Å²) in [5.74, 6) is -3.17. The van der Waals surface area contributed by atoms with E-state index in [-0.39, 0.29) is 47.0 Å². The van der Waals surface area contributed by atoms with Crippen LogP contribution in [0, 0.1) is 17.8 Å². The molecule has 5 saturated heterocycles.